The van der Waals surface area contributed by atoms with Crippen LogP contribution in [0, 0.1) is 0 Å². The average Bonchev–Trinajstić information content (AvgIpc) is 3.22. The van der Waals surface area contributed by atoms with Crippen LogP contribution in [-0.4, -0.2) is 20.4 Å². The molecular formula is C29H28N4O. The van der Waals surface area contributed by atoms with Crippen LogP contribution in [0.15, 0.2) is 85.3 Å². The predicted molar refractivity (Wildman–Crippen MR) is 137 cm³/mol. The number of aryl methyl sites for hydroxylation is 1. The fourth-order valence-corrected chi connectivity index (χ4v) is 4.39. The highest BCUT2D eigenvalue weighted by Crippen LogP contribution is 2.30. The first-order valence-electron chi connectivity index (χ1n) is 11.8. The Morgan fingerprint density at radius 1 is 0.941 bits per heavy atom. The monoisotopic (exact) mass is 448 g/mol. The van der Waals surface area contributed by atoms with Crippen LogP contribution in [0.1, 0.15) is 31.0 Å². The van der Waals surface area contributed by atoms with Crippen LogP contribution in [0.4, 0.5) is 0 Å². The maximum atomic E-state index is 12.8. The predicted octanol–water partition coefficient (Wildman–Crippen LogP) is 5.91. The summed E-state index contributed by atoms with van der Waals surface area (Å²) in [6.07, 6.45) is 8.28. The van der Waals surface area contributed by atoms with Gasteiger partial charge in [-0.25, -0.2) is 0 Å². The fraction of sp³-hybridized carbons (Fsp3) is 0.207. The quantitative estimate of drug-likeness (QED) is 0.321. The molecule has 5 aromatic rings. The Morgan fingerprint density at radius 2 is 1.79 bits per heavy atom. The summed E-state index contributed by atoms with van der Waals surface area (Å²) in [5.74, 6) is 0.00220. The molecule has 0 bridgehead atoms. The van der Waals surface area contributed by atoms with Crippen molar-refractivity contribution in [3.05, 3.63) is 96.6 Å². The number of hydrogen-bond acceptors (Lipinski definition) is 3. The SMILES string of the molecule is CCCCn1cc(CC(=O)NCc2ccccn2)c2cc(-c3ccc4ncccc4c3)ccc21. The molecule has 0 atom stereocenters. The van der Waals surface area contributed by atoms with Gasteiger partial charge in [-0.05, 0) is 65.6 Å². The lowest BCUT2D eigenvalue weighted by atomic mass is 10.00. The van der Waals surface area contributed by atoms with Crippen molar-refractivity contribution in [3.63, 3.8) is 0 Å². The Kier molecular flexibility index (Phi) is 6.34. The van der Waals surface area contributed by atoms with Gasteiger partial charge in [-0.3, -0.25) is 14.8 Å². The molecule has 3 aromatic heterocycles. The molecule has 3 heterocycles. The summed E-state index contributed by atoms with van der Waals surface area (Å²) >= 11 is 0. The standard InChI is InChI=1S/C29H28N4O/c1-2-3-15-33-20-24(18-29(34)32-19-25-8-4-5-13-30-25)26-17-22(10-12-28(26)33)21-9-11-27-23(16-21)7-6-14-31-27/h4-14,16-17,20H,2-3,15,18-19H2,1H3,(H,32,34). The molecule has 5 heteroatoms. The second kappa shape index (κ2) is 9.87. The molecule has 34 heavy (non-hydrogen) atoms. The van der Waals surface area contributed by atoms with Crippen molar-refractivity contribution < 1.29 is 4.79 Å². The number of carbonyl (C=O) groups is 1. The molecule has 0 spiro atoms. The van der Waals surface area contributed by atoms with Crippen molar-refractivity contribution in [1.29, 1.82) is 0 Å². The summed E-state index contributed by atoms with van der Waals surface area (Å²) in [4.78, 5) is 21.5. The van der Waals surface area contributed by atoms with Gasteiger partial charge in [-0.1, -0.05) is 37.6 Å². The van der Waals surface area contributed by atoms with E-state index in [0.29, 0.717) is 13.0 Å². The van der Waals surface area contributed by atoms with Crippen LogP contribution in [0.2, 0.25) is 0 Å². The molecule has 0 fully saturated rings. The van der Waals surface area contributed by atoms with Gasteiger partial charge in [-0.15, -0.1) is 0 Å². The van der Waals surface area contributed by atoms with Crippen LogP contribution in [0.5, 0.6) is 0 Å². The molecule has 1 N–H and O–H groups in total. The highest BCUT2D eigenvalue weighted by Gasteiger charge is 2.14. The van der Waals surface area contributed by atoms with Crippen LogP contribution in [0.25, 0.3) is 32.9 Å². The van der Waals surface area contributed by atoms with Gasteiger partial charge in [0.25, 0.3) is 0 Å². The van der Waals surface area contributed by atoms with E-state index in [-0.39, 0.29) is 5.91 Å². The van der Waals surface area contributed by atoms with Crippen LogP contribution < -0.4 is 5.32 Å². The summed E-state index contributed by atoms with van der Waals surface area (Å²) < 4.78 is 2.29. The summed E-state index contributed by atoms with van der Waals surface area (Å²) in [5.41, 5.74) is 6.36. The summed E-state index contributed by atoms with van der Waals surface area (Å²) in [6.45, 7) is 3.58. The molecule has 0 unspecified atom stereocenters. The molecule has 0 radical (unpaired) electrons. The van der Waals surface area contributed by atoms with Gasteiger partial charge >= 0.3 is 0 Å². The Hall–Kier alpha value is -3.99. The number of carbonyl (C=O) groups excluding carboxylic acids is 1. The van der Waals surface area contributed by atoms with E-state index in [4.69, 9.17) is 0 Å². The number of unbranched alkanes of at least 4 members (excludes halogenated alkanes) is 1. The second-order valence-electron chi connectivity index (χ2n) is 8.62. The van der Waals surface area contributed by atoms with Crippen molar-refractivity contribution in [2.45, 2.75) is 39.3 Å². The molecular weight excluding hydrogens is 420 g/mol. The number of hydrogen-bond donors (Lipinski definition) is 1. The highest BCUT2D eigenvalue weighted by atomic mass is 16.1. The van der Waals surface area contributed by atoms with Gasteiger partial charge in [-0.2, -0.15) is 0 Å². The third-order valence-corrected chi connectivity index (χ3v) is 6.20. The van der Waals surface area contributed by atoms with Crippen molar-refractivity contribution >= 4 is 27.7 Å². The van der Waals surface area contributed by atoms with Gasteiger partial charge in [0.2, 0.25) is 5.91 Å². The average molecular weight is 449 g/mol. The van der Waals surface area contributed by atoms with E-state index in [9.17, 15) is 4.79 Å². The number of pyridine rings is 2. The number of fused-ring (bicyclic) bond motifs is 2. The van der Waals surface area contributed by atoms with Gasteiger partial charge < -0.3 is 9.88 Å². The summed E-state index contributed by atoms with van der Waals surface area (Å²) in [7, 11) is 0. The first-order valence-corrected chi connectivity index (χ1v) is 11.8. The lowest BCUT2D eigenvalue weighted by Crippen LogP contribution is -2.24. The Balaban J connectivity index is 1.46. The summed E-state index contributed by atoms with van der Waals surface area (Å²) in [5, 5.41) is 5.27. The third-order valence-electron chi connectivity index (χ3n) is 6.20. The zero-order valence-electron chi connectivity index (χ0n) is 19.4. The van der Waals surface area contributed by atoms with Gasteiger partial charge in [0.15, 0.2) is 0 Å². The van der Waals surface area contributed by atoms with Crippen molar-refractivity contribution in [3.8, 4) is 11.1 Å². The van der Waals surface area contributed by atoms with E-state index in [2.05, 4.69) is 75.4 Å². The molecule has 2 aromatic carbocycles. The molecule has 1 amide bonds. The lowest BCUT2D eigenvalue weighted by molar-refractivity contribution is -0.120. The zero-order valence-corrected chi connectivity index (χ0v) is 19.4. The van der Waals surface area contributed by atoms with Gasteiger partial charge in [0, 0.05) is 41.4 Å². The minimum absolute atomic E-state index is 0.00220. The molecule has 170 valence electrons. The Bertz CT molecular complexity index is 1440. The van der Waals surface area contributed by atoms with Crippen molar-refractivity contribution in [1.82, 2.24) is 19.9 Å². The zero-order chi connectivity index (χ0) is 23.3. The molecule has 0 aliphatic rings. The number of benzene rings is 2. The smallest absolute Gasteiger partial charge is 0.224 e. The Labute approximate surface area is 199 Å². The second-order valence-corrected chi connectivity index (χ2v) is 8.62. The minimum atomic E-state index is 0.00220. The summed E-state index contributed by atoms with van der Waals surface area (Å²) in [6, 6.07) is 22.7. The van der Waals surface area contributed by atoms with Gasteiger partial charge in [0.05, 0.1) is 24.2 Å². The number of nitrogens with one attached hydrogen (secondary N) is 1. The normalized spacial score (nSPS) is 11.2. The molecule has 5 nitrogen and oxygen atoms in total. The van der Waals surface area contributed by atoms with Crippen molar-refractivity contribution in [2.24, 2.45) is 0 Å². The van der Waals surface area contributed by atoms with Gasteiger partial charge in [0.1, 0.15) is 0 Å². The number of nitrogens with zero attached hydrogens (tertiary/aromatic N) is 3. The molecule has 0 aliphatic heterocycles. The van der Waals surface area contributed by atoms with Crippen molar-refractivity contribution in [2.75, 3.05) is 0 Å². The largest absolute Gasteiger partial charge is 0.350 e. The minimum Gasteiger partial charge on any atom is -0.350 e. The van der Waals surface area contributed by atoms with Crippen LogP contribution in [0.3, 0.4) is 0 Å². The number of aromatic nitrogens is 3. The molecule has 0 saturated heterocycles. The van der Waals surface area contributed by atoms with Crippen LogP contribution in [-0.2, 0) is 24.3 Å². The lowest BCUT2D eigenvalue weighted by Gasteiger charge is -2.07. The Morgan fingerprint density at radius 3 is 2.65 bits per heavy atom. The third kappa shape index (κ3) is 4.69. The van der Waals surface area contributed by atoms with E-state index in [1.54, 1.807) is 6.20 Å². The van der Waals surface area contributed by atoms with E-state index in [0.717, 1.165) is 58.1 Å². The fourth-order valence-electron chi connectivity index (χ4n) is 4.39. The topological polar surface area (TPSA) is 59.8 Å². The maximum Gasteiger partial charge on any atom is 0.224 e. The van der Waals surface area contributed by atoms with E-state index in [1.165, 1.54) is 5.52 Å². The number of amides is 1. The maximum absolute atomic E-state index is 12.8. The molecule has 0 saturated carbocycles. The first-order chi connectivity index (χ1) is 16.7. The first kappa shape index (κ1) is 21.8. The molecule has 5 rings (SSSR count). The van der Waals surface area contributed by atoms with E-state index >= 15 is 0 Å². The van der Waals surface area contributed by atoms with E-state index in [1.807, 2.05) is 30.5 Å². The van der Waals surface area contributed by atoms with Crippen LogP contribution >= 0.6 is 0 Å². The highest BCUT2D eigenvalue weighted by molar-refractivity contribution is 5.93. The van der Waals surface area contributed by atoms with E-state index < -0.39 is 0 Å². The molecule has 0 aliphatic carbocycles. The number of rotatable bonds is 8.